The Bertz CT molecular complexity index is 827. The first-order valence-corrected chi connectivity index (χ1v) is 7.19. The minimum absolute atomic E-state index is 0.251. The van der Waals surface area contributed by atoms with Crippen LogP contribution >= 0.6 is 0 Å². The van der Waals surface area contributed by atoms with Crippen LogP contribution in [-0.2, 0) is 19.6 Å². The number of fused-ring (bicyclic) bond motifs is 1. The highest BCUT2D eigenvalue weighted by Gasteiger charge is 2.25. The summed E-state index contributed by atoms with van der Waals surface area (Å²) < 4.78 is 27.8. The number of hydrogen-bond acceptors (Lipinski definition) is 4. The van der Waals surface area contributed by atoms with Gasteiger partial charge < -0.3 is 4.90 Å². The first-order valence-electron chi connectivity index (χ1n) is 7.19. The van der Waals surface area contributed by atoms with Crippen LogP contribution in [0.2, 0.25) is 0 Å². The van der Waals surface area contributed by atoms with E-state index in [-0.39, 0.29) is 5.82 Å². The van der Waals surface area contributed by atoms with Crippen molar-refractivity contribution in [2.24, 2.45) is 0 Å². The predicted octanol–water partition coefficient (Wildman–Crippen LogP) is 2.52. The molecule has 1 aliphatic heterocycles. The Hall–Kier alpha value is -2.83. The minimum Gasteiger partial charge on any atom is -0.330 e. The van der Waals surface area contributed by atoms with Crippen molar-refractivity contribution in [1.29, 1.82) is 0 Å². The van der Waals surface area contributed by atoms with E-state index >= 15 is 0 Å². The molecule has 0 bridgehead atoms. The van der Waals surface area contributed by atoms with Crippen LogP contribution in [0.4, 0.5) is 14.7 Å². The van der Waals surface area contributed by atoms with Gasteiger partial charge in [-0.05, 0) is 17.7 Å². The van der Waals surface area contributed by atoms with Crippen LogP contribution in [0, 0.1) is 11.6 Å². The lowest BCUT2D eigenvalue weighted by molar-refractivity contribution is 0.608. The van der Waals surface area contributed by atoms with Gasteiger partial charge in [0.2, 0.25) is 5.95 Å². The van der Waals surface area contributed by atoms with Crippen LogP contribution in [0.25, 0.3) is 0 Å². The Kier molecular flexibility index (Phi) is 3.25. The smallest absolute Gasteiger partial charge is 0.226 e. The fourth-order valence-electron chi connectivity index (χ4n) is 2.72. The molecule has 4 rings (SSSR count). The number of benzene rings is 1. The molecule has 116 valence electrons. The summed E-state index contributed by atoms with van der Waals surface area (Å²) in [5.41, 5.74) is 3.15. The third kappa shape index (κ3) is 2.65. The molecule has 0 radical (unpaired) electrons. The highest BCUT2D eigenvalue weighted by molar-refractivity contribution is 5.40. The molecular weight excluding hydrogens is 300 g/mol. The van der Waals surface area contributed by atoms with E-state index < -0.39 is 5.82 Å². The van der Waals surface area contributed by atoms with Gasteiger partial charge in [0.05, 0.1) is 37.4 Å². The van der Waals surface area contributed by atoms with Gasteiger partial charge in [-0.2, -0.15) is 5.10 Å². The van der Waals surface area contributed by atoms with Crippen molar-refractivity contribution in [3.63, 3.8) is 0 Å². The van der Waals surface area contributed by atoms with Gasteiger partial charge in [0.25, 0.3) is 0 Å². The van der Waals surface area contributed by atoms with Crippen LogP contribution < -0.4 is 4.90 Å². The zero-order valence-corrected chi connectivity index (χ0v) is 12.2. The molecule has 5 nitrogen and oxygen atoms in total. The molecule has 0 saturated heterocycles. The zero-order chi connectivity index (χ0) is 15.8. The monoisotopic (exact) mass is 313 g/mol. The maximum Gasteiger partial charge on any atom is 0.226 e. The van der Waals surface area contributed by atoms with E-state index in [2.05, 4.69) is 15.1 Å². The number of anilines is 1. The summed E-state index contributed by atoms with van der Waals surface area (Å²) in [6.07, 6.45) is 4.15. The van der Waals surface area contributed by atoms with Gasteiger partial charge >= 0.3 is 0 Å². The van der Waals surface area contributed by atoms with E-state index in [1.54, 1.807) is 12.1 Å². The Morgan fingerprint density at radius 3 is 2.39 bits per heavy atom. The van der Waals surface area contributed by atoms with Gasteiger partial charge in [0.1, 0.15) is 5.82 Å². The fraction of sp³-hybridized carbons (Fsp3) is 0.188. The average Bonchev–Trinajstić information content (AvgIpc) is 3.12. The second-order valence-corrected chi connectivity index (χ2v) is 5.46. The molecule has 2 aromatic heterocycles. The Morgan fingerprint density at radius 2 is 1.65 bits per heavy atom. The molecule has 0 N–H and O–H groups in total. The lowest BCUT2D eigenvalue weighted by Gasteiger charge is -2.15. The standard InChI is InChI=1S/C16H13F2N5/c17-13-3-1-11(2-4-13)8-23-15-10-22(9-12(15)5-21-23)16-19-6-14(18)7-20-16/h1-7H,8-10H2. The molecule has 7 heteroatoms. The summed E-state index contributed by atoms with van der Waals surface area (Å²) in [5.74, 6) is -0.206. The molecule has 0 atom stereocenters. The third-order valence-corrected chi connectivity index (χ3v) is 3.87. The van der Waals surface area contributed by atoms with E-state index in [1.165, 1.54) is 12.1 Å². The molecule has 0 spiro atoms. The highest BCUT2D eigenvalue weighted by atomic mass is 19.1. The fourth-order valence-corrected chi connectivity index (χ4v) is 2.72. The molecule has 1 aromatic carbocycles. The summed E-state index contributed by atoms with van der Waals surface area (Å²) in [4.78, 5) is 9.99. The lowest BCUT2D eigenvalue weighted by Crippen LogP contribution is -2.19. The molecule has 0 unspecified atom stereocenters. The molecule has 3 aromatic rings. The molecule has 1 aliphatic rings. The maximum atomic E-state index is 13.0. The van der Waals surface area contributed by atoms with Gasteiger partial charge in [-0.15, -0.1) is 0 Å². The minimum atomic E-state index is -0.451. The van der Waals surface area contributed by atoms with E-state index in [1.807, 2.05) is 15.8 Å². The first kappa shape index (κ1) is 13.8. The van der Waals surface area contributed by atoms with Crippen molar-refractivity contribution < 1.29 is 8.78 Å². The van der Waals surface area contributed by atoms with Crippen molar-refractivity contribution in [2.45, 2.75) is 19.6 Å². The first-order chi connectivity index (χ1) is 11.2. The summed E-state index contributed by atoms with van der Waals surface area (Å²) in [7, 11) is 0. The van der Waals surface area contributed by atoms with Crippen molar-refractivity contribution in [3.05, 3.63) is 71.3 Å². The van der Waals surface area contributed by atoms with E-state index in [0.717, 1.165) is 29.2 Å². The number of halogens is 2. The topological polar surface area (TPSA) is 46.8 Å². The number of hydrogen-bond donors (Lipinski definition) is 0. The van der Waals surface area contributed by atoms with E-state index in [0.29, 0.717) is 25.6 Å². The van der Waals surface area contributed by atoms with Gasteiger partial charge in [-0.1, -0.05) is 12.1 Å². The van der Waals surface area contributed by atoms with E-state index in [9.17, 15) is 8.78 Å². The second-order valence-electron chi connectivity index (χ2n) is 5.46. The van der Waals surface area contributed by atoms with Gasteiger partial charge in [0, 0.05) is 12.1 Å². The van der Waals surface area contributed by atoms with Crippen molar-refractivity contribution in [1.82, 2.24) is 19.7 Å². The summed E-state index contributed by atoms with van der Waals surface area (Å²) in [6, 6.07) is 6.38. The molecular formula is C16H13F2N5. The number of nitrogens with zero attached hydrogens (tertiary/aromatic N) is 5. The van der Waals surface area contributed by atoms with Crippen molar-refractivity contribution >= 4 is 5.95 Å². The summed E-state index contributed by atoms with van der Waals surface area (Å²) in [5, 5.41) is 4.39. The largest absolute Gasteiger partial charge is 0.330 e. The maximum absolute atomic E-state index is 13.0. The Balaban J connectivity index is 1.54. The van der Waals surface area contributed by atoms with Crippen LogP contribution in [0.1, 0.15) is 16.8 Å². The molecule has 0 fully saturated rings. The quantitative estimate of drug-likeness (QED) is 0.745. The van der Waals surface area contributed by atoms with Crippen LogP contribution in [0.15, 0.2) is 42.9 Å². The van der Waals surface area contributed by atoms with Crippen molar-refractivity contribution in [2.75, 3.05) is 4.90 Å². The van der Waals surface area contributed by atoms with Crippen LogP contribution in [0.3, 0.4) is 0 Å². The average molecular weight is 313 g/mol. The molecule has 0 saturated carbocycles. The normalized spacial score (nSPS) is 13.4. The van der Waals surface area contributed by atoms with Gasteiger partial charge in [0.15, 0.2) is 5.82 Å². The zero-order valence-electron chi connectivity index (χ0n) is 12.2. The van der Waals surface area contributed by atoms with Crippen molar-refractivity contribution in [3.8, 4) is 0 Å². The second kappa shape index (κ2) is 5.42. The van der Waals surface area contributed by atoms with E-state index in [4.69, 9.17) is 0 Å². The molecule has 23 heavy (non-hydrogen) atoms. The third-order valence-electron chi connectivity index (χ3n) is 3.87. The Labute approximate surface area is 131 Å². The number of rotatable bonds is 3. The SMILES string of the molecule is Fc1ccc(Cn2ncc3c2CN(c2ncc(F)cn2)C3)cc1. The summed E-state index contributed by atoms with van der Waals surface area (Å²) >= 11 is 0. The lowest BCUT2D eigenvalue weighted by atomic mass is 10.2. The predicted molar refractivity (Wildman–Crippen MR) is 79.6 cm³/mol. The number of aromatic nitrogens is 4. The van der Waals surface area contributed by atoms with Crippen LogP contribution in [-0.4, -0.2) is 19.7 Å². The molecule has 0 aliphatic carbocycles. The molecule has 0 amide bonds. The highest BCUT2D eigenvalue weighted by Crippen LogP contribution is 2.26. The van der Waals surface area contributed by atoms with Gasteiger partial charge in [-0.3, -0.25) is 4.68 Å². The molecule has 3 heterocycles. The van der Waals surface area contributed by atoms with Crippen LogP contribution in [0.5, 0.6) is 0 Å². The Morgan fingerprint density at radius 1 is 0.913 bits per heavy atom. The summed E-state index contributed by atoms with van der Waals surface area (Å²) in [6.45, 7) is 1.83. The van der Waals surface area contributed by atoms with Gasteiger partial charge in [-0.25, -0.2) is 18.7 Å².